The number of aromatic nitrogens is 1. The van der Waals surface area contributed by atoms with E-state index in [1.165, 1.54) is 0 Å². The molecule has 2 aliphatic rings. The predicted molar refractivity (Wildman–Crippen MR) is 125 cm³/mol. The summed E-state index contributed by atoms with van der Waals surface area (Å²) in [5.74, 6) is -2.70. The van der Waals surface area contributed by atoms with Gasteiger partial charge in [-0.1, -0.05) is 6.07 Å². The minimum absolute atomic E-state index is 0.282. The molecule has 5 rings (SSSR count). The minimum Gasteiger partial charge on any atom is -0.503 e. The van der Waals surface area contributed by atoms with E-state index in [0.29, 0.717) is 22.6 Å². The van der Waals surface area contributed by atoms with Gasteiger partial charge >= 0.3 is 0 Å². The van der Waals surface area contributed by atoms with Crippen molar-refractivity contribution in [2.24, 2.45) is 0 Å². The van der Waals surface area contributed by atoms with Crippen LogP contribution in [-0.4, -0.2) is 54.5 Å². The lowest BCUT2D eigenvalue weighted by Gasteiger charge is -2.37. The molecular formula is C26H27F2N3O2. The van der Waals surface area contributed by atoms with Crippen molar-refractivity contribution in [1.29, 1.82) is 0 Å². The Morgan fingerprint density at radius 3 is 2.33 bits per heavy atom. The Bertz CT molecular complexity index is 1210. The van der Waals surface area contributed by atoms with Gasteiger partial charge in [0.2, 0.25) is 0 Å². The number of anilines is 1. The molecule has 0 amide bonds. The van der Waals surface area contributed by atoms with Gasteiger partial charge in [-0.05, 0) is 81.2 Å². The minimum atomic E-state index is -1.01. The molecule has 1 saturated heterocycles. The van der Waals surface area contributed by atoms with Crippen molar-refractivity contribution in [1.82, 2.24) is 9.88 Å². The molecular weight excluding hydrogens is 424 g/mol. The molecule has 0 spiro atoms. The first kappa shape index (κ1) is 21.8. The Balaban J connectivity index is 1.69. The number of aromatic hydroxyl groups is 1. The van der Waals surface area contributed by atoms with E-state index in [2.05, 4.69) is 16.8 Å². The molecule has 0 unspecified atom stereocenters. The van der Waals surface area contributed by atoms with E-state index >= 15 is 0 Å². The number of fused-ring (bicyclic) bond motifs is 1. The maximum atomic E-state index is 14.0. The number of likely N-dealkylation sites (tertiary alicyclic amines) is 1. The van der Waals surface area contributed by atoms with Gasteiger partial charge < -0.3 is 14.9 Å². The quantitative estimate of drug-likeness (QED) is 0.547. The molecule has 1 aliphatic heterocycles. The SMILES string of the molecule is CN1CCC(N(C)c2c(C=O)c(C3CC3)nc3ccc(-c4cc(F)c(O)c(F)c4)cc23)CC1. The number of rotatable bonds is 5. The number of benzene rings is 2. The summed E-state index contributed by atoms with van der Waals surface area (Å²) in [5.41, 5.74) is 3.98. The van der Waals surface area contributed by atoms with Gasteiger partial charge in [-0.15, -0.1) is 0 Å². The number of carbonyl (C=O) groups is 1. The molecule has 1 N–H and O–H groups in total. The summed E-state index contributed by atoms with van der Waals surface area (Å²) in [6, 6.07) is 7.98. The van der Waals surface area contributed by atoms with Crippen LogP contribution >= 0.6 is 0 Å². The summed E-state index contributed by atoms with van der Waals surface area (Å²) in [6.45, 7) is 1.97. The van der Waals surface area contributed by atoms with Crippen molar-refractivity contribution in [3.8, 4) is 16.9 Å². The Hall–Kier alpha value is -3.06. The molecule has 2 aromatic carbocycles. The summed E-state index contributed by atoms with van der Waals surface area (Å²) < 4.78 is 28.1. The summed E-state index contributed by atoms with van der Waals surface area (Å²) in [5, 5.41) is 10.3. The van der Waals surface area contributed by atoms with Crippen LogP contribution in [0.15, 0.2) is 30.3 Å². The van der Waals surface area contributed by atoms with Crippen LogP contribution in [0.3, 0.4) is 0 Å². The fourth-order valence-corrected chi connectivity index (χ4v) is 4.92. The van der Waals surface area contributed by atoms with E-state index in [0.717, 1.165) is 79.5 Å². The third kappa shape index (κ3) is 3.95. The molecule has 172 valence electrons. The first-order chi connectivity index (χ1) is 15.9. The van der Waals surface area contributed by atoms with Gasteiger partial charge in [0.05, 0.1) is 22.5 Å². The van der Waals surface area contributed by atoms with Crippen LogP contribution < -0.4 is 4.90 Å². The molecule has 33 heavy (non-hydrogen) atoms. The molecule has 2 fully saturated rings. The van der Waals surface area contributed by atoms with Crippen molar-refractivity contribution in [3.63, 3.8) is 0 Å². The summed E-state index contributed by atoms with van der Waals surface area (Å²) in [7, 11) is 4.14. The zero-order valence-electron chi connectivity index (χ0n) is 18.8. The highest BCUT2D eigenvalue weighted by Gasteiger charge is 2.32. The van der Waals surface area contributed by atoms with Crippen LogP contribution in [0, 0.1) is 11.6 Å². The summed E-state index contributed by atoms with van der Waals surface area (Å²) >= 11 is 0. The van der Waals surface area contributed by atoms with E-state index in [9.17, 15) is 18.7 Å². The molecule has 7 heteroatoms. The van der Waals surface area contributed by atoms with Crippen LogP contribution in [0.5, 0.6) is 5.75 Å². The molecule has 2 heterocycles. The van der Waals surface area contributed by atoms with Gasteiger partial charge in [0.25, 0.3) is 0 Å². The monoisotopic (exact) mass is 451 g/mol. The summed E-state index contributed by atoms with van der Waals surface area (Å²) in [4.78, 5) is 21.7. The van der Waals surface area contributed by atoms with Crippen LogP contribution in [0.2, 0.25) is 0 Å². The highest BCUT2D eigenvalue weighted by Crippen LogP contribution is 2.45. The Morgan fingerprint density at radius 1 is 1.06 bits per heavy atom. The standard InChI is InChI=1S/C26H27F2N3O2/c1-30-9-7-18(8-10-30)31(2)25-19-11-16(17-12-21(27)26(33)22(28)13-17)5-6-23(19)29-24(15-3-4-15)20(25)14-32/h5-6,11-15,18,33H,3-4,7-10H2,1-2H3. The zero-order valence-corrected chi connectivity index (χ0v) is 18.8. The van der Waals surface area contributed by atoms with Gasteiger partial charge in [-0.3, -0.25) is 9.78 Å². The lowest BCUT2D eigenvalue weighted by molar-refractivity contribution is 0.112. The molecule has 1 saturated carbocycles. The second-order valence-corrected chi connectivity index (χ2v) is 9.32. The van der Waals surface area contributed by atoms with E-state index in [-0.39, 0.29) is 6.04 Å². The molecule has 0 radical (unpaired) electrons. The van der Waals surface area contributed by atoms with Gasteiger partial charge in [-0.2, -0.15) is 0 Å². The van der Waals surface area contributed by atoms with Crippen molar-refractivity contribution in [2.45, 2.75) is 37.6 Å². The molecule has 1 aliphatic carbocycles. The number of phenols is 1. The molecule has 3 aromatic rings. The first-order valence-electron chi connectivity index (χ1n) is 11.4. The number of hydrogen-bond acceptors (Lipinski definition) is 5. The van der Waals surface area contributed by atoms with E-state index < -0.39 is 17.4 Å². The van der Waals surface area contributed by atoms with Crippen LogP contribution in [0.25, 0.3) is 22.0 Å². The number of piperidine rings is 1. The molecule has 0 bridgehead atoms. The largest absolute Gasteiger partial charge is 0.503 e. The third-order valence-corrected chi connectivity index (χ3v) is 7.04. The van der Waals surface area contributed by atoms with Crippen LogP contribution in [0.4, 0.5) is 14.5 Å². The van der Waals surface area contributed by atoms with Crippen molar-refractivity contribution in [2.75, 3.05) is 32.1 Å². The number of aldehydes is 1. The lowest BCUT2D eigenvalue weighted by Crippen LogP contribution is -2.42. The maximum absolute atomic E-state index is 14.0. The van der Waals surface area contributed by atoms with Crippen molar-refractivity contribution < 1.29 is 18.7 Å². The maximum Gasteiger partial charge on any atom is 0.187 e. The van der Waals surface area contributed by atoms with Gasteiger partial charge in [-0.25, -0.2) is 8.78 Å². The second kappa shape index (κ2) is 8.37. The zero-order chi connectivity index (χ0) is 23.3. The number of hydrogen-bond donors (Lipinski definition) is 1. The summed E-state index contributed by atoms with van der Waals surface area (Å²) in [6.07, 6.45) is 4.94. The Labute approximate surface area is 191 Å². The highest BCUT2D eigenvalue weighted by atomic mass is 19.1. The first-order valence-corrected chi connectivity index (χ1v) is 11.4. The Kier molecular flexibility index (Phi) is 5.52. The van der Waals surface area contributed by atoms with E-state index in [4.69, 9.17) is 4.98 Å². The average molecular weight is 452 g/mol. The number of phenolic OH excluding ortho intramolecular Hbond substituents is 1. The van der Waals surface area contributed by atoms with Crippen LogP contribution in [-0.2, 0) is 0 Å². The van der Waals surface area contributed by atoms with Gasteiger partial charge in [0.1, 0.15) is 0 Å². The van der Waals surface area contributed by atoms with Crippen LogP contribution in [0.1, 0.15) is 47.7 Å². The fourth-order valence-electron chi connectivity index (χ4n) is 4.92. The van der Waals surface area contributed by atoms with Gasteiger partial charge in [0, 0.05) is 24.4 Å². The fraction of sp³-hybridized carbons (Fsp3) is 0.385. The third-order valence-electron chi connectivity index (χ3n) is 7.04. The number of pyridine rings is 1. The average Bonchev–Trinajstić information content (AvgIpc) is 3.66. The van der Waals surface area contributed by atoms with Gasteiger partial charge in [0.15, 0.2) is 23.7 Å². The predicted octanol–water partition coefficient (Wildman–Crippen LogP) is 5.11. The highest BCUT2D eigenvalue weighted by molar-refractivity contribution is 6.03. The number of halogens is 2. The normalized spacial score (nSPS) is 17.5. The number of carbonyl (C=O) groups excluding carboxylic acids is 1. The molecule has 0 atom stereocenters. The smallest absolute Gasteiger partial charge is 0.187 e. The van der Waals surface area contributed by atoms with E-state index in [1.807, 2.05) is 19.2 Å². The second-order valence-electron chi connectivity index (χ2n) is 9.32. The van der Waals surface area contributed by atoms with Crippen molar-refractivity contribution in [3.05, 3.63) is 53.2 Å². The lowest BCUT2D eigenvalue weighted by atomic mass is 9.96. The number of nitrogens with zero attached hydrogens (tertiary/aromatic N) is 3. The van der Waals surface area contributed by atoms with Crippen molar-refractivity contribution >= 4 is 22.9 Å². The Morgan fingerprint density at radius 2 is 1.73 bits per heavy atom. The topological polar surface area (TPSA) is 56.7 Å². The van der Waals surface area contributed by atoms with E-state index in [1.54, 1.807) is 6.07 Å². The molecule has 1 aromatic heterocycles. The molecule has 5 nitrogen and oxygen atoms in total.